The van der Waals surface area contributed by atoms with E-state index in [-0.39, 0.29) is 10.1 Å². The summed E-state index contributed by atoms with van der Waals surface area (Å²) in [5.41, 5.74) is 0.467. The van der Waals surface area contributed by atoms with Crippen LogP contribution in [0.25, 0.3) is 10.1 Å². The minimum atomic E-state index is -0.533. The zero-order valence-electron chi connectivity index (χ0n) is 11.9. The van der Waals surface area contributed by atoms with Crippen molar-refractivity contribution in [1.82, 2.24) is 5.32 Å². The molecule has 0 atom stereocenters. The van der Waals surface area contributed by atoms with Crippen LogP contribution in [0.5, 0.6) is 0 Å². The number of rotatable bonds is 2. The summed E-state index contributed by atoms with van der Waals surface area (Å²) in [5.74, 6) is -0.943. The van der Waals surface area contributed by atoms with E-state index in [0.29, 0.717) is 15.6 Å². The van der Waals surface area contributed by atoms with Gasteiger partial charge in [0, 0.05) is 15.8 Å². The minimum Gasteiger partial charge on any atom is -0.332 e. The summed E-state index contributed by atoms with van der Waals surface area (Å²) in [6.07, 6.45) is 0. The molecular weight excluding hydrogens is 390 g/mol. The van der Waals surface area contributed by atoms with Crippen molar-refractivity contribution in [2.75, 3.05) is 5.32 Å². The van der Waals surface area contributed by atoms with Crippen molar-refractivity contribution in [2.45, 2.75) is 0 Å². The first kappa shape index (κ1) is 17.1. The number of carbonyl (C=O) groups excluding carboxylic acids is 1. The zero-order valence-corrected chi connectivity index (χ0v) is 15.0. The van der Waals surface area contributed by atoms with Gasteiger partial charge in [-0.05, 0) is 36.5 Å². The molecular formula is C16H9Cl2FN2OS2. The van der Waals surface area contributed by atoms with E-state index >= 15 is 0 Å². The summed E-state index contributed by atoms with van der Waals surface area (Å²) in [5, 5.41) is 6.56. The number of halogens is 3. The molecule has 24 heavy (non-hydrogen) atoms. The molecule has 0 fully saturated rings. The second kappa shape index (κ2) is 7.03. The van der Waals surface area contributed by atoms with E-state index in [2.05, 4.69) is 10.6 Å². The largest absolute Gasteiger partial charge is 0.332 e. The fourth-order valence-electron chi connectivity index (χ4n) is 2.06. The molecule has 0 spiro atoms. The Hall–Kier alpha value is -1.73. The third-order valence-corrected chi connectivity index (χ3v) is 5.31. The number of nitrogens with one attached hydrogen (secondary N) is 2. The molecule has 0 radical (unpaired) electrons. The fraction of sp³-hybridized carbons (Fsp3) is 0. The van der Waals surface area contributed by atoms with E-state index in [0.717, 1.165) is 10.1 Å². The molecule has 0 unspecified atom stereocenters. The van der Waals surface area contributed by atoms with Crippen LogP contribution >= 0.6 is 46.8 Å². The Kier molecular flexibility index (Phi) is 5.01. The summed E-state index contributed by atoms with van der Waals surface area (Å²) >= 11 is 18.3. The van der Waals surface area contributed by atoms with Crippen LogP contribution in [0.3, 0.4) is 0 Å². The number of thiocarbonyl (C=S) groups is 1. The maximum absolute atomic E-state index is 13.1. The second-order valence-corrected chi connectivity index (χ2v) is 7.02. The lowest BCUT2D eigenvalue weighted by Crippen LogP contribution is -2.33. The van der Waals surface area contributed by atoms with Crippen molar-refractivity contribution >= 4 is 73.5 Å². The van der Waals surface area contributed by atoms with Crippen LogP contribution in [0.1, 0.15) is 9.67 Å². The molecule has 0 saturated carbocycles. The first-order valence-corrected chi connectivity index (χ1v) is 8.68. The Morgan fingerprint density at radius 3 is 2.62 bits per heavy atom. The van der Waals surface area contributed by atoms with Crippen LogP contribution in [0, 0.1) is 5.82 Å². The number of fused-ring (bicyclic) bond motifs is 1. The number of carbonyl (C=O) groups is 1. The predicted molar refractivity (Wildman–Crippen MR) is 102 cm³/mol. The SMILES string of the molecule is O=C(NC(=S)Nc1ccc(F)c(Cl)c1)c1sc2ccccc2c1Cl. The molecule has 1 amide bonds. The van der Waals surface area contributed by atoms with Crippen LogP contribution in [-0.2, 0) is 0 Å². The smallest absolute Gasteiger partial charge is 0.269 e. The minimum absolute atomic E-state index is 0.0401. The van der Waals surface area contributed by atoms with Gasteiger partial charge in [0.2, 0.25) is 0 Å². The van der Waals surface area contributed by atoms with E-state index in [1.54, 1.807) is 0 Å². The molecule has 2 N–H and O–H groups in total. The van der Waals surface area contributed by atoms with E-state index in [1.807, 2.05) is 24.3 Å². The second-order valence-electron chi connectivity index (χ2n) is 4.78. The molecule has 1 aromatic heterocycles. The van der Waals surface area contributed by atoms with Crippen molar-refractivity contribution in [2.24, 2.45) is 0 Å². The molecule has 0 saturated heterocycles. The van der Waals surface area contributed by atoms with Crippen LogP contribution in [0.15, 0.2) is 42.5 Å². The molecule has 3 nitrogen and oxygen atoms in total. The Bertz CT molecular complexity index is 958. The molecule has 3 rings (SSSR count). The van der Waals surface area contributed by atoms with Gasteiger partial charge in [-0.1, -0.05) is 41.4 Å². The lowest BCUT2D eigenvalue weighted by molar-refractivity contribution is 0.0982. The number of anilines is 1. The van der Waals surface area contributed by atoms with E-state index in [9.17, 15) is 9.18 Å². The number of hydrogen-bond donors (Lipinski definition) is 2. The van der Waals surface area contributed by atoms with Gasteiger partial charge in [-0.3, -0.25) is 10.1 Å². The summed E-state index contributed by atoms with van der Waals surface area (Å²) < 4.78 is 14.1. The van der Waals surface area contributed by atoms with Gasteiger partial charge in [0.15, 0.2) is 5.11 Å². The average Bonchev–Trinajstić information content (AvgIpc) is 2.88. The van der Waals surface area contributed by atoms with E-state index in [1.165, 1.54) is 29.5 Å². The van der Waals surface area contributed by atoms with E-state index < -0.39 is 11.7 Å². The van der Waals surface area contributed by atoms with Gasteiger partial charge in [-0.2, -0.15) is 0 Å². The van der Waals surface area contributed by atoms with Gasteiger partial charge in [0.1, 0.15) is 10.7 Å². The van der Waals surface area contributed by atoms with Gasteiger partial charge >= 0.3 is 0 Å². The molecule has 3 aromatic rings. The number of hydrogen-bond acceptors (Lipinski definition) is 3. The van der Waals surface area contributed by atoms with Crippen LogP contribution in [-0.4, -0.2) is 11.0 Å². The van der Waals surface area contributed by atoms with Crippen molar-refractivity contribution in [3.63, 3.8) is 0 Å². The number of benzene rings is 2. The van der Waals surface area contributed by atoms with Gasteiger partial charge in [-0.25, -0.2) is 4.39 Å². The third-order valence-electron chi connectivity index (χ3n) is 3.15. The van der Waals surface area contributed by atoms with Crippen molar-refractivity contribution < 1.29 is 9.18 Å². The maximum Gasteiger partial charge on any atom is 0.269 e. The monoisotopic (exact) mass is 398 g/mol. The number of thiophene rings is 1. The molecule has 8 heteroatoms. The Morgan fingerprint density at radius 1 is 1.17 bits per heavy atom. The molecule has 0 aliphatic rings. The summed E-state index contributed by atoms with van der Waals surface area (Å²) in [4.78, 5) is 12.7. The standard InChI is InChI=1S/C16H9Cl2FN2OS2/c17-10-7-8(5-6-11(10)19)20-16(23)21-15(22)14-13(18)9-3-1-2-4-12(9)24-14/h1-7H,(H2,20,21,22,23). The van der Waals surface area contributed by atoms with Crippen LogP contribution in [0.4, 0.5) is 10.1 Å². The molecule has 0 bridgehead atoms. The molecule has 122 valence electrons. The van der Waals surface area contributed by atoms with Gasteiger partial charge in [-0.15, -0.1) is 11.3 Å². The van der Waals surface area contributed by atoms with Crippen LogP contribution < -0.4 is 10.6 Å². The van der Waals surface area contributed by atoms with Crippen molar-refractivity contribution in [3.05, 3.63) is 63.2 Å². The van der Waals surface area contributed by atoms with Crippen molar-refractivity contribution in [3.8, 4) is 0 Å². The number of amides is 1. The van der Waals surface area contributed by atoms with E-state index in [4.69, 9.17) is 35.4 Å². The summed E-state index contributed by atoms with van der Waals surface area (Å²) in [7, 11) is 0. The molecule has 2 aromatic carbocycles. The van der Waals surface area contributed by atoms with Gasteiger partial charge in [0.25, 0.3) is 5.91 Å². The molecule has 0 aliphatic carbocycles. The Balaban J connectivity index is 1.74. The predicted octanol–water partition coefficient (Wildman–Crippen LogP) is 5.47. The first-order valence-electron chi connectivity index (χ1n) is 6.70. The highest BCUT2D eigenvalue weighted by Crippen LogP contribution is 2.35. The highest BCUT2D eigenvalue weighted by Gasteiger charge is 2.17. The van der Waals surface area contributed by atoms with Gasteiger partial charge in [0.05, 0.1) is 10.0 Å². The molecule has 1 heterocycles. The van der Waals surface area contributed by atoms with Crippen molar-refractivity contribution in [1.29, 1.82) is 0 Å². The quantitative estimate of drug-likeness (QED) is 0.561. The topological polar surface area (TPSA) is 41.1 Å². The first-order chi connectivity index (χ1) is 11.5. The third kappa shape index (κ3) is 3.52. The van der Waals surface area contributed by atoms with Crippen LogP contribution in [0.2, 0.25) is 10.0 Å². The lowest BCUT2D eigenvalue weighted by Gasteiger charge is -2.09. The summed E-state index contributed by atoms with van der Waals surface area (Å²) in [6, 6.07) is 11.5. The molecule has 0 aliphatic heterocycles. The fourth-order valence-corrected chi connectivity index (χ4v) is 3.86. The zero-order chi connectivity index (χ0) is 17.3. The average molecular weight is 399 g/mol. The highest BCUT2D eigenvalue weighted by molar-refractivity contribution is 7.80. The Labute approximate surface area is 156 Å². The Morgan fingerprint density at radius 2 is 1.92 bits per heavy atom. The summed E-state index contributed by atoms with van der Waals surface area (Å²) in [6.45, 7) is 0. The maximum atomic E-state index is 13.1. The lowest BCUT2D eigenvalue weighted by atomic mass is 10.2. The van der Waals surface area contributed by atoms with Gasteiger partial charge < -0.3 is 5.32 Å². The normalized spacial score (nSPS) is 10.6. The highest BCUT2D eigenvalue weighted by atomic mass is 35.5.